The van der Waals surface area contributed by atoms with Crippen LogP contribution < -0.4 is 9.64 Å². The van der Waals surface area contributed by atoms with E-state index < -0.39 is 6.09 Å². The molecule has 0 bridgehead atoms. The highest BCUT2D eigenvalue weighted by molar-refractivity contribution is 7.73. The number of H-pyrrole nitrogens is 2. The van der Waals surface area contributed by atoms with Gasteiger partial charge in [0.05, 0.1) is 5.52 Å². The number of pyridine rings is 2. The van der Waals surface area contributed by atoms with Crippen LogP contribution in [0.25, 0.3) is 10.3 Å². The topological polar surface area (TPSA) is 126 Å². The van der Waals surface area contributed by atoms with Crippen LogP contribution in [0.1, 0.15) is 18.7 Å². The normalized spacial score (nSPS) is 10.9. The second-order valence-electron chi connectivity index (χ2n) is 6.02. The first-order valence-corrected chi connectivity index (χ1v) is 10.0. The molecule has 0 saturated carbocycles. The lowest BCUT2D eigenvalue weighted by atomic mass is 10.2. The Bertz CT molecular complexity index is 1140. The van der Waals surface area contributed by atoms with Crippen molar-refractivity contribution in [1.29, 1.82) is 0 Å². The lowest BCUT2D eigenvalue weighted by Gasteiger charge is -2.21. The van der Waals surface area contributed by atoms with Crippen LogP contribution in [-0.2, 0) is 6.42 Å². The van der Waals surface area contributed by atoms with Crippen molar-refractivity contribution in [2.24, 2.45) is 0 Å². The van der Waals surface area contributed by atoms with Crippen molar-refractivity contribution in [3.05, 3.63) is 46.4 Å². The van der Waals surface area contributed by atoms with Crippen molar-refractivity contribution < 1.29 is 9.53 Å². The van der Waals surface area contributed by atoms with E-state index in [0.29, 0.717) is 40.7 Å². The van der Waals surface area contributed by atoms with Crippen LogP contribution in [0, 0.1) is 3.95 Å². The summed E-state index contributed by atoms with van der Waals surface area (Å²) in [5.41, 5.74) is 0.836. The minimum absolute atomic E-state index is 0.417. The zero-order chi connectivity index (χ0) is 20.1. The maximum Gasteiger partial charge on any atom is 0.420 e. The fourth-order valence-electron chi connectivity index (χ4n) is 2.68. The van der Waals surface area contributed by atoms with Crippen molar-refractivity contribution in [3.63, 3.8) is 0 Å². The number of hydrogen-bond acceptors (Lipinski definition) is 9. The Morgan fingerprint density at radius 2 is 2.07 bits per heavy atom. The molecule has 0 saturated heterocycles. The minimum atomic E-state index is -0.512. The number of hydrogen-bond donors (Lipinski definition) is 2. The number of nitrogens with one attached hydrogen (secondary N) is 2. The molecule has 4 aromatic rings. The number of aromatic nitrogens is 7. The number of nitrogens with zero attached hydrogens (tertiary/aromatic N) is 6. The number of tetrazole rings is 1. The summed E-state index contributed by atoms with van der Waals surface area (Å²) in [5.74, 6) is 1.56. The summed E-state index contributed by atoms with van der Waals surface area (Å²) in [6.45, 7) is 0.427. The average Bonchev–Trinajstić information content (AvgIpc) is 3.36. The standard InChI is InChI=1S/C17H16N8O2S2/c26-17(27-11-6-8-18-9-7-11)25(10-2-1-3-13-21-23-24-22-13)14-5-4-12-15(20-14)29-16(28)19-12/h4-9H,1-3,10H2,(H,19,28)(H,21,22,23,24). The quantitative estimate of drug-likeness (QED) is 0.339. The molecule has 4 heterocycles. The van der Waals surface area contributed by atoms with E-state index in [2.05, 4.69) is 35.6 Å². The second kappa shape index (κ2) is 8.84. The van der Waals surface area contributed by atoms with Gasteiger partial charge in [-0.15, -0.1) is 10.2 Å². The number of unbranched alkanes of at least 4 members (excludes halogenated alkanes) is 1. The summed E-state index contributed by atoms with van der Waals surface area (Å²) >= 11 is 6.54. The molecule has 0 aromatic carbocycles. The van der Waals surface area contributed by atoms with Gasteiger partial charge in [0.2, 0.25) is 0 Å². The van der Waals surface area contributed by atoms with Gasteiger partial charge >= 0.3 is 6.09 Å². The maximum atomic E-state index is 12.9. The zero-order valence-electron chi connectivity index (χ0n) is 15.1. The third kappa shape index (κ3) is 4.78. The molecule has 0 unspecified atom stereocenters. The molecule has 0 fully saturated rings. The van der Waals surface area contributed by atoms with Crippen LogP contribution >= 0.6 is 23.6 Å². The van der Waals surface area contributed by atoms with Gasteiger partial charge in [-0.05, 0) is 49.3 Å². The molecule has 0 aliphatic carbocycles. The summed E-state index contributed by atoms with van der Waals surface area (Å²) in [6.07, 6.45) is 4.77. The average molecular weight is 429 g/mol. The van der Waals surface area contributed by atoms with E-state index in [1.165, 1.54) is 16.2 Å². The second-order valence-corrected chi connectivity index (χ2v) is 7.69. The van der Waals surface area contributed by atoms with Gasteiger partial charge in [-0.1, -0.05) is 16.6 Å². The number of aromatic amines is 2. The summed E-state index contributed by atoms with van der Waals surface area (Å²) in [5, 5.41) is 13.8. The van der Waals surface area contributed by atoms with Gasteiger partial charge < -0.3 is 9.72 Å². The largest absolute Gasteiger partial charge is 0.420 e. The first-order chi connectivity index (χ1) is 14.2. The number of ether oxygens (including phenoxy) is 1. The number of aryl methyl sites for hydroxylation is 1. The Morgan fingerprint density at radius 1 is 1.21 bits per heavy atom. The SMILES string of the molecule is O=C(Oc1ccncc1)N(CCCCc1nn[nH]n1)c1ccc2[nH]c(=S)sc2n1. The molecule has 29 heavy (non-hydrogen) atoms. The Hall–Kier alpha value is -3.25. The maximum absolute atomic E-state index is 12.9. The first-order valence-electron chi connectivity index (χ1n) is 8.80. The summed E-state index contributed by atoms with van der Waals surface area (Å²) in [4.78, 5) is 26.7. The molecule has 12 heteroatoms. The monoisotopic (exact) mass is 428 g/mol. The number of amides is 1. The van der Waals surface area contributed by atoms with Crippen LogP contribution in [0.5, 0.6) is 5.75 Å². The molecular formula is C17H16N8O2S2. The van der Waals surface area contributed by atoms with Crippen molar-refractivity contribution in [2.75, 3.05) is 11.4 Å². The van der Waals surface area contributed by atoms with E-state index >= 15 is 0 Å². The number of rotatable bonds is 7. The smallest absolute Gasteiger partial charge is 0.410 e. The van der Waals surface area contributed by atoms with Gasteiger partial charge in [-0.2, -0.15) is 5.21 Å². The molecule has 0 atom stereocenters. The van der Waals surface area contributed by atoms with E-state index in [0.717, 1.165) is 16.8 Å². The molecular weight excluding hydrogens is 412 g/mol. The molecule has 1 amide bonds. The number of carbonyl (C=O) groups excluding carboxylic acids is 1. The Morgan fingerprint density at radius 3 is 2.86 bits per heavy atom. The Labute approximate surface area is 174 Å². The Kier molecular flexibility index (Phi) is 5.81. The van der Waals surface area contributed by atoms with Crippen LogP contribution in [0.4, 0.5) is 10.6 Å². The highest BCUT2D eigenvalue weighted by atomic mass is 32.1. The van der Waals surface area contributed by atoms with E-state index in [4.69, 9.17) is 17.0 Å². The Balaban J connectivity index is 1.51. The van der Waals surface area contributed by atoms with E-state index in [1.807, 2.05) is 6.07 Å². The zero-order valence-corrected chi connectivity index (χ0v) is 16.7. The fraction of sp³-hybridized carbons (Fsp3) is 0.235. The van der Waals surface area contributed by atoms with Crippen LogP contribution in [0.2, 0.25) is 0 Å². The summed E-state index contributed by atoms with van der Waals surface area (Å²) < 4.78 is 6.13. The van der Waals surface area contributed by atoms with Gasteiger partial charge in [-0.25, -0.2) is 9.78 Å². The van der Waals surface area contributed by atoms with Crippen LogP contribution in [0.3, 0.4) is 0 Å². The lowest BCUT2D eigenvalue weighted by molar-refractivity contribution is 0.207. The number of thiazole rings is 1. The van der Waals surface area contributed by atoms with Crippen LogP contribution in [0.15, 0.2) is 36.7 Å². The molecule has 2 N–H and O–H groups in total. The van der Waals surface area contributed by atoms with E-state index in [1.54, 1.807) is 30.6 Å². The van der Waals surface area contributed by atoms with E-state index in [9.17, 15) is 4.79 Å². The third-order valence-electron chi connectivity index (χ3n) is 4.04. The summed E-state index contributed by atoms with van der Waals surface area (Å²) in [6, 6.07) is 6.88. The van der Waals surface area contributed by atoms with Crippen molar-refractivity contribution in [3.8, 4) is 5.75 Å². The molecule has 4 aromatic heterocycles. The minimum Gasteiger partial charge on any atom is -0.410 e. The number of fused-ring (bicyclic) bond motifs is 1. The highest BCUT2D eigenvalue weighted by Gasteiger charge is 2.20. The molecule has 0 radical (unpaired) electrons. The predicted molar refractivity (Wildman–Crippen MR) is 110 cm³/mol. The molecule has 4 rings (SSSR count). The van der Waals surface area contributed by atoms with Crippen molar-refractivity contribution in [1.82, 2.24) is 35.6 Å². The van der Waals surface area contributed by atoms with Crippen molar-refractivity contribution in [2.45, 2.75) is 19.3 Å². The molecule has 10 nitrogen and oxygen atoms in total. The van der Waals surface area contributed by atoms with E-state index in [-0.39, 0.29) is 0 Å². The predicted octanol–water partition coefficient (Wildman–Crippen LogP) is 3.29. The van der Waals surface area contributed by atoms with Gasteiger partial charge in [0.1, 0.15) is 16.4 Å². The first kappa shape index (κ1) is 19.1. The number of anilines is 1. The van der Waals surface area contributed by atoms with Gasteiger partial charge in [0, 0.05) is 25.4 Å². The third-order valence-corrected chi connectivity index (χ3v) is 5.19. The molecule has 148 valence electrons. The summed E-state index contributed by atoms with van der Waals surface area (Å²) in [7, 11) is 0. The molecule has 0 spiro atoms. The van der Waals surface area contributed by atoms with Gasteiger partial charge in [0.15, 0.2) is 9.78 Å². The van der Waals surface area contributed by atoms with Gasteiger partial charge in [-0.3, -0.25) is 9.88 Å². The van der Waals surface area contributed by atoms with Crippen LogP contribution in [-0.4, -0.2) is 48.2 Å². The fourth-order valence-corrected chi connectivity index (χ4v) is 3.73. The highest BCUT2D eigenvalue weighted by Crippen LogP contribution is 2.23. The lowest BCUT2D eigenvalue weighted by Crippen LogP contribution is -2.35. The molecule has 0 aliphatic rings. The van der Waals surface area contributed by atoms with Crippen molar-refractivity contribution >= 4 is 45.8 Å². The van der Waals surface area contributed by atoms with Gasteiger partial charge in [0.25, 0.3) is 0 Å². The molecule has 0 aliphatic heterocycles. The number of carbonyl (C=O) groups is 1.